The molecule has 1 aromatic heterocycles. The Morgan fingerprint density at radius 1 is 1.28 bits per heavy atom. The van der Waals surface area contributed by atoms with Gasteiger partial charge in [0.05, 0.1) is 24.4 Å². The van der Waals surface area contributed by atoms with Gasteiger partial charge in [-0.2, -0.15) is 5.10 Å². The predicted molar refractivity (Wildman–Crippen MR) is 120 cm³/mol. The van der Waals surface area contributed by atoms with E-state index in [4.69, 9.17) is 26.8 Å². The topological polar surface area (TPSA) is 108 Å². The number of primary amides is 1. The van der Waals surface area contributed by atoms with Gasteiger partial charge in [-0.25, -0.2) is 4.68 Å². The largest absolute Gasteiger partial charge is 0.493 e. The summed E-state index contributed by atoms with van der Waals surface area (Å²) in [7, 11) is 1.42. The number of carbonyl (C=O) groups excluding carboxylic acids is 2. The molecule has 32 heavy (non-hydrogen) atoms. The lowest BCUT2D eigenvalue weighted by Gasteiger charge is -2.27. The minimum absolute atomic E-state index is 0.0490. The Kier molecular flexibility index (Phi) is 6.32. The lowest BCUT2D eigenvalue weighted by Crippen LogP contribution is -2.22. The molecule has 0 fully saturated rings. The zero-order valence-electron chi connectivity index (χ0n) is 17.5. The highest BCUT2D eigenvalue weighted by Crippen LogP contribution is 2.37. The van der Waals surface area contributed by atoms with Crippen LogP contribution in [0.15, 0.2) is 48.7 Å². The molecule has 0 spiro atoms. The quantitative estimate of drug-likeness (QED) is 0.567. The molecule has 166 valence electrons. The molecule has 1 aliphatic rings. The number of rotatable bonds is 7. The molecule has 0 radical (unpaired) electrons. The minimum atomic E-state index is -0.650. The summed E-state index contributed by atoms with van der Waals surface area (Å²) in [5, 5.41) is 7.52. The molecule has 4 rings (SSSR count). The number of nitrogens with one attached hydrogen (secondary N) is 1. The number of ether oxygens (including phenoxy) is 2. The number of amides is 2. The van der Waals surface area contributed by atoms with E-state index in [1.165, 1.54) is 30.4 Å². The summed E-state index contributed by atoms with van der Waals surface area (Å²) in [5.41, 5.74) is 7.92. The summed E-state index contributed by atoms with van der Waals surface area (Å²) >= 11 is 6.28. The van der Waals surface area contributed by atoms with E-state index in [1.54, 1.807) is 12.3 Å². The number of hydrogen-bond acceptors (Lipinski definition) is 5. The van der Waals surface area contributed by atoms with Crippen LogP contribution in [0.5, 0.6) is 11.5 Å². The standard InChI is InChI=1S/C23H23ClN4O4/c1-31-19-12-15(11-17(24)22(19)32-13-20(25)29)23(30)27-21-9-10-26-28(21)18-8-4-6-14-5-2-3-7-16(14)18/h2-3,5,7,9-12,18H,4,6,8,13H2,1H3,(H2,25,29)(H,27,30). The van der Waals surface area contributed by atoms with E-state index in [0.29, 0.717) is 5.82 Å². The smallest absolute Gasteiger partial charge is 0.257 e. The van der Waals surface area contributed by atoms with E-state index in [1.807, 2.05) is 16.8 Å². The Bertz CT molecular complexity index is 1160. The number of fused-ring (bicyclic) bond motifs is 1. The van der Waals surface area contributed by atoms with Crippen LogP contribution in [0.4, 0.5) is 5.82 Å². The molecule has 0 saturated heterocycles. The molecule has 2 amide bonds. The Balaban J connectivity index is 1.58. The highest BCUT2D eigenvalue weighted by atomic mass is 35.5. The maximum atomic E-state index is 13.0. The molecular formula is C23H23ClN4O4. The highest BCUT2D eigenvalue weighted by Gasteiger charge is 2.25. The van der Waals surface area contributed by atoms with Crippen LogP contribution in [0.25, 0.3) is 0 Å². The molecule has 9 heteroatoms. The summed E-state index contributed by atoms with van der Waals surface area (Å²) in [6, 6.07) is 13.1. The van der Waals surface area contributed by atoms with Crippen molar-refractivity contribution in [2.24, 2.45) is 5.73 Å². The number of methoxy groups -OCH3 is 1. The maximum absolute atomic E-state index is 13.0. The van der Waals surface area contributed by atoms with Crippen molar-refractivity contribution >= 4 is 29.2 Å². The Morgan fingerprint density at radius 3 is 2.88 bits per heavy atom. The summed E-state index contributed by atoms with van der Waals surface area (Å²) in [6.45, 7) is -0.357. The van der Waals surface area contributed by atoms with E-state index < -0.39 is 5.91 Å². The number of carbonyl (C=O) groups is 2. The van der Waals surface area contributed by atoms with Crippen molar-refractivity contribution < 1.29 is 19.1 Å². The summed E-state index contributed by atoms with van der Waals surface area (Å²) in [6.07, 6.45) is 4.70. The number of anilines is 1. The number of aryl methyl sites for hydroxylation is 1. The Labute approximate surface area is 190 Å². The first-order valence-corrected chi connectivity index (χ1v) is 10.6. The average molecular weight is 455 g/mol. The van der Waals surface area contributed by atoms with Crippen molar-refractivity contribution in [2.75, 3.05) is 19.0 Å². The van der Waals surface area contributed by atoms with Gasteiger partial charge < -0.3 is 20.5 Å². The molecular weight excluding hydrogens is 432 g/mol. The molecule has 3 aromatic rings. The van der Waals surface area contributed by atoms with E-state index in [9.17, 15) is 9.59 Å². The number of nitrogens with zero attached hydrogens (tertiary/aromatic N) is 2. The summed E-state index contributed by atoms with van der Waals surface area (Å²) in [4.78, 5) is 24.0. The van der Waals surface area contributed by atoms with Gasteiger partial charge in [-0.15, -0.1) is 0 Å². The fourth-order valence-corrected chi connectivity index (χ4v) is 4.23. The molecule has 0 bridgehead atoms. The number of nitrogens with two attached hydrogens (primary N) is 1. The third-order valence-corrected chi connectivity index (χ3v) is 5.68. The van der Waals surface area contributed by atoms with Crippen molar-refractivity contribution in [3.05, 3.63) is 70.4 Å². The van der Waals surface area contributed by atoms with Crippen LogP contribution in [0.3, 0.4) is 0 Å². The second-order valence-electron chi connectivity index (χ2n) is 7.47. The summed E-state index contributed by atoms with van der Waals surface area (Å²) < 4.78 is 12.4. The molecule has 8 nitrogen and oxygen atoms in total. The Morgan fingerprint density at radius 2 is 2.09 bits per heavy atom. The maximum Gasteiger partial charge on any atom is 0.257 e. The SMILES string of the molecule is COc1cc(C(=O)Nc2ccnn2C2CCCc3ccccc32)cc(Cl)c1OCC(N)=O. The number of benzene rings is 2. The molecule has 1 heterocycles. The second kappa shape index (κ2) is 9.32. The average Bonchev–Trinajstić information content (AvgIpc) is 3.25. The first-order chi connectivity index (χ1) is 15.5. The van der Waals surface area contributed by atoms with Gasteiger partial charge in [0.15, 0.2) is 18.1 Å². The number of halogens is 1. The fourth-order valence-electron chi connectivity index (χ4n) is 3.97. The molecule has 0 saturated carbocycles. The minimum Gasteiger partial charge on any atom is -0.493 e. The Hall–Kier alpha value is -3.52. The normalized spacial score (nSPS) is 15.0. The number of hydrogen-bond donors (Lipinski definition) is 2. The second-order valence-corrected chi connectivity index (χ2v) is 7.87. The van der Waals surface area contributed by atoms with E-state index >= 15 is 0 Å². The van der Waals surface area contributed by atoms with Crippen LogP contribution in [0.2, 0.25) is 5.02 Å². The fraction of sp³-hybridized carbons (Fsp3) is 0.261. The van der Waals surface area contributed by atoms with Gasteiger partial charge in [-0.1, -0.05) is 35.9 Å². The zero-order chi connectivity index (χ0) is 22.7. The molecule has 0 aliphatic heterocycles. The van der Waals surface area contributed by atoms with E-state index in [0.717, 1.165) is 19.3 Å². The molecule has 1 aliphatic carbocycles. The van der Waals surface area contributed by atoms with Gasteiger partial charge in [0.1, 0.15) is 5.82 Å². The van der Waals surface area contributed by atoms with Crippen molar-refractivity contribution in [2.45, 2.75) is 25.3 Å². The van der Waals surface area contributed by atoms with Gasteiger partial charge in [0.2, 0.25) is 0 Å². The number of aromatic nitrogens is 2. The van der Waals surface area contributed by atoms with E-state index in [-0.39, 0.29) is 40.6 Å². The lowest BCUT2D eigenvalue weighted by molar-refractivity contribution is -0.119. The van der Waals surface area contributed by atoms with Gasteiger partial charge in [0.25, 0.3) is 11.8 Å². The van der Waals surface area contributed by atoms with Gasteiger partial charge in [0, 0.05) is 11.6 Å². The third kappa shape index (κ3) is 4.40. The van der Waals surface area contributed by atoms with Crippen LogP contribution in [0.1, 0.15) is 40.4 Å². The predicted octanol–water partition coefficient (Wildman–Crippen LogP) is 3.59. The molecule has 2 aromatic carbocycles. The first kappa shape index (κ1) is 21.7. The van der Waals surface area contributed by atoms with Crippen LogP contribution < -0.4 is 20.5 Å². The first-order valence-electron chi connectivity index (χ1n) is 10.2. The van der Waals surface area contributed by atoms with Gasteiger partial charge in [-0.05, 0) is 42.5 Å². The van der Waals surface area contributed by atoms with Gasteiger partial charge in [-0.3, -0.25) is 9.59 Å². The van der Waals surface area contributed by atoms with E-state index in [2.05, 4.69) is 22.5 Å². The molecule has 1 unspecified atom stereocenters. The van der Waals surface area contributed by atoms with Crippen molar-refractivity contribution in [1.29, 1.82) is 0 Å². The summed E-state index contributed by atoms with van der Waals surface area (Å²) in [5.74, 6) is -0.0761. The third-order valence-electron chi connectivity index (χ3n) is 5.40. The molecule has 3 N–H and O–H groups in total. The highest BCUT2D eigenvalue weighted by molar-refractivity contribution is 6.32. The van der Waals surface area contributed by atoms with Crippen molar-refractivity contribution in [3.8, 4) is 11.5 Å². The van der Waals surface area contributed by atoms with Crippen LogP contribution in [-0.4, -0.2) is 35.3 Å². The van der Waals surface area contributed by atoms with Crippen LogP contribution in [0, 0.1) is 0 Å². The van der Waals surface area contributed by atoms with Gasteiger partial charge >= 0.3 is 0 Å². The van der Waals surface area contributed by atoms with Crippen molar-refractivity contribution in [1.82, 2.24) is 9.78 Å². The zero-order valence-corrected chi connectivity index (χ0v) is 18.3. The van der Waals surface area contributed by atoms with Crippen LogP contribution >= 0.6 is 11.6 Å². The monoisotopic (exact) mass is 454 g/mol. The molecule has 1 atom stereocenters. The van der Waals surface area contributed by atoms with Crippen LogP contribution in [-0.2, 0) is 11.2 Å². The lowest BCUT2D eigenvalue weighted by atomic mass is 9.88. The van der Waals surface area contributed by atoms with Crippen molar-refractivity contribution in [3.63, 3.8) is 0 Å².